The number of benzene rings is 2. The molecule has 0 unspecified atom stereocenters. The molecule has 2 rings (SSSR count). The quantitative estimate of drug-likeness (QED) is 0.890. The highest BCUT2D eigenvalue weighted by Crippen LogP contribution is 2.22. The van der Waals surface area contributed by atoms with Gasteiger partial charge in [0.25, 0.3) is 0 Å². The average molecular weight is 314 g/mol. The van der Waals surface area contributed by atoms with Crippen LogP contribution >= 0.6 is 0 Å². The van der Waals surface area contributed by atoms with E-state index < -0.39 is 0 Å². The van der Waals surface area contributed by atoms with Crippen molar-refractivity contribution in [1.82, 2.24) is 10.2 Å². The molecular weight excluding hydrogens is 288 g/mol. The van der Waals surface area contributed by atoms with Crippen LogP contribution in [0.3, 0.4) is 0 Å². The Labute approximate surface area is 138 Å². The van der Waals surface area contributed by atoms with Crippen molar-refractivity contribution in [2.24, 2.45) is 0 Å². The van der Waals surface area contributed by atoms with Gasteiger partial charge in [0.05, 0.1) is 13.2 Å². The van der Waals surface area contributed by atoms with Crippen molar-refractivity contribution in [1.29, 1.82) is 0 Å². The molecule has 0 aliphatic heterocycles. The lowest BCUT2D eigenvalue weighted by atomic mass is 10.1. The van der Waals surface area contributed by atoms with Crippen molar-refractivity contribution >= 4 is 16.7 Å². The molecular formula is C19H26N2O2. The summed E-state index contributed by atoms with van der Waals surface area (Å²) in [6, 6.07) is 12.4. The van der Waals surface area contributed by atoms with Crippen LogP contribution in [0.15, 0.2) is 36.4 Å². The lowest BCUT2D eigenvalue weighted by molar-refractivity contribution is -0.126. The van der Waals surface area contributed by atoms with Gasteiger partial charge in [0.2, 0.25) is 5.91 Å². The van der Waals surface area contributed by atoms with Crippen LogP contribution in [-0.4, -0.2) is 37.0 Å². The molecule has 0 saturated carbocycles. The number of carbonyl (C=O) groups excluding carboxylic acids is 1. The highest BCUT2D eigenvalue weighted by molar-refractivity contribution is 5.84. The number of amides is 1. The minimum Gasteiger partial charge on any atom is -0.497 e. The number of nitrogens with zero attached hydrogens (tertiary/aromatic N) is 1. The Kier molecular flexibility index (Phi) is 5.61. The Balaban J connectivity index is 2.10. The molecule has 1 atom stereocenters. The Bertz CT molecular complexity index is 682. The smallest absolute Gasteiger partial charge is 0.237 e. The van der Waals surface area contributed by atoms with Gasteiger partial charge in [0.15, 0.2) is 0 Å². The summed E-state index contributed by atoms with van der Waals surface area (Å²) < 4.78 is 5.25. The summed E-state index contributed by atoms with van der Waals surface area (Å²) in [7, 11) is 3.65. The van der Waals surface area contributed by atoms with E-state index in [0.717, 1.165) is 17.7 Å². The van der Waals surface area contributed by atoms with E-state index in [1.807, 2.05) is 40.0 Å². The van der Waals surface area contributed by atoms with Crippen molar-refractivity contribution in [3.8, 4) is 5.75 Å². The van der Waals surface area contributed by atoms with E-state index in [-0.39, 0.29) is 18.0 Å². The van der Waals surface area contributed by atoms with E-state index in [1.54, 1.807) is 7.11 Å². The standard InChI is InChI=1S/C19H26N2O2/c1-13(2)20-19(22)14(3)21(4)12-15-6-7-17-11-18(23-5)9-8-16(17)10-15/h6-11,13-14H,12H2,1-5H3,(H,20,22)/t14-/m0/s1. The number of fused-ring (bicyclic) bond motifs is 1. The Morgan fingerprint density at radius 3 is 2.43 bits per heavy atom. The Morgan fingerprint density at radius 2 is 1.78 bits per heavy atom. The second-order valence-corrected chi connectivity index (χ2v) is 6.30. The van der Waals surface area contributed by atoms with Gasteiger partial charge < -0.3 is 10.1 Å². The summed E-state index contributed by atoms with van der Waals surface area (Å²) in [4.78, 5) is 14.2. The maximum atomic E-state index is 12.1. The molecule has 0 bridgehead atoms. The third kappa shape index (κ3) is 4.45. The van der Waals surface area contributed by atoms with Gasteiger partial charge in [-0.15, -0.1) is 0 Å². The molecule has 4 heteroatoms. The van der Waals surface area contributed by atoms with E-state index in [4.69, 9.17) is 4.74 Å². The van der Waals surface area contributed by atoms with Gasteiger partial charge in [0.1, 0.15) is 5.75 Å². The SMILES string of the molecule is COc1ccc2cc(CN(C)[C@@H](C)C(=O)NC(C)C)ccc2c1. The third-order valence-electron chi connectivity index (χ3n) is 4.02. The van der Waals surface area contributed by atoms with Crippen LogP contribution in [0, 0.1) is 0 Å². The molecule has 124 valence electrons. The van der Waals surface area contributed by atoms with E-state index in [2.05, 4.69) is 34.5 Å². The number of likely N-dealkylation sites (N-methyl/N-ethyl adjacent to an activating group) is 1. The largest absolute Gasteiger partial charge is 0.497 e. The van der Waals surface area contributed by atoms with Crippen LogP contribution in [0.5, 0.6) is 5.75 Å². The number of nitrogens with one attached hydrogen (secondary N) is 1. The van der Waals surface area contributed by atoms with E-state index in [0.29, 0.717) is 0 Å². The minimum absolute atomic E-state index is 0.0630. The first-order chi connectivity index (χ1) is 10.9. The van der Waals surface area contributed by atoms with Crippen LogP contribution in [0.25, 0.3) is 10.8 Å². The first-order valence-corrected chi connectivity index (χ1v) is 7.98. The van der Waals surface area contributed by atoms with Gasteiger partial charge in [-0.1, -0.05) is 18.2 Å². The highest BCUT2D eigenvalue weighted by Gasteiger charge is 2.18. The first kappa shape index (κ1) is 17.3. The zero-order chi connectivity index (χ0) is 17.0. The topological polar surface area (TPSA) is 41.6 Å². The van der Waals surface area contributed by atoms with Crippen LogP contribution in [-0.2, 0) is 11.3 Å². The second-order valence-electron chi connectivity index (χ2n) is 6.30. The summed E-state index contributed by atoms with van der Waals surface area (Å²) in [6.45, 7) is 6.61. The van der Waals surface area contributed by atoms with Crippen molar-refractivity contribution < 1.29 is 9.53 Å². The lowest BCUT2D eigenvalue weighted by Crippen LogP contribution is -2.45. The summed E-state index contributed by atoms with van der Waals surface area (Å²) >= 11 is 0. The summed E-state index contributed by atoms with van der Waals surface area (Å²) in [5, 5.41) is 5.29. The number of rotatable bonds is 6. The molecule has 1 N–H and O–H groups in total. The molecule has 1 amide bonds. The highest BCUT2D eigenvalue weighted by atomic mass is 16.5. The van der Waals surface area contributed by atoms with Gasteiger partial charge in [-0.3, -0.25) is 9.69 Å². The monoisotopic (exact) mass is 314 g/mol. The molecule has 0 aromatic heterocycles. The number of methoxy groups -OCH3 is 1. The Morgan fingerprint density at radius 1 is 1.13 bits per heavy atom. The fourth-order valence-corrected chi connectivity index (χ4v) is 2.53. The maximum Gasteiger partial charge on any atom is 0.237 e. The average Bonchev–Trinajstić information content (AvgIpc) is 2.52. The normalized spacial score (nSPS) is 12.7. The second kappa shape index (κ2) is 7.47. The van der Waals surface area contributed by atoms with Gasteiger partial charge >= 0.3 is 0 Å². The maximum absolute atomic E-state index is 12.1. The Hall–Kier alpha value is -2.07. The van der Waals surface area contributed by atoms with Crippen LogP contribution < -0.4 is 10.1 Å². The molecule has 0 radical (unpaired) electrons. The summed E-state index contributed by atoms with van der Waals surface area (Å²) in [5.74, 6) is 0.925. The zero-order valence-electron chi connectivity index (χ0n) is 14.6. The van der Waals surface area contributed by atoms with Crippen LogP contribution in [0.4, 0.5) is 0 Å². The van der Waals surface area contributed by atoms with Gasteiger partial charge in [-0.2, -0.15) is 0 Å². The molecule has 4 nitrogen and oxygen atoms in total. The van der Waals surface area contributed by atoms with E-state index in [1.165, 1.54) is 10.9 Å². The molecule has 0 heterocycles. The molecule has 2 aromatic rings. The van der Waals surface area contributed by atoms with E-state index >= 15 is 0 Å². The fraction of sp³-hybridized carbons (Fsp3) is 0.421. The zero-order valence-corrected chi connectivity index (χ0v) is 14.6. The van der Waals surface area contributed by atoms with Gasteiger partial charge in [-0.05, 0) is 62.4 Å². The lowest BCUT2D eigenvalue weighted by Gasteiger charge is -2.25. The van der Waals surface area contributed by atoms with Crippen molar-refractivity contribution in [3.63, 3.8) is 0 Å². The molecule has 23 heavy (non-hydrogen) atoms. The van der Waals surface area contributed by atoms with Crippen molar-refractivity contribution in [2.45, 2.75) is 39.4 Å². The predicted molar refractivity (Wildman–Crippen MR) is 94.7 cm³/mol. The van der Waals surface area contributed by atoms with Gasteiger partial charge in [0, 0.05) is 12.6 Å². The first-order valence-electron chi connectivity index (χ1n) is 7.98. The predicted octanol–water partition coefficient (Wildman–Crippen LogP) is 3.19. The van der Waals surface area contributed by atoms with Crippen LogP contribution in [0.2, 0.25) is 0 Å². The minimum atomic E-state index is -0.163. The molecule has 2 aromatic carbocycles. The van der Waals surface area contributed by atoms with Gasteiger partial charge in [-0.25, -0.2) is 0 Å². The number of ether oxygens (including phenoxy) is 1. The molecule has 0 fully saturated rings. The molecule has 0 aliphatic rings. The summed E-state index contributed by atoms with van der Waals surface area (Å²) in [5.41, 5.74) is 1.19. The van der Waals surface area contributed by atoms with E-state index in [9.17, 15) is 4.79 Å². The molecule has 0 aliphatic carbocycles. The molecule has 0 spiro atoms. The van der Waals surface area contributed by atoms with Crippen LogP contribution in [0.1, 0.15) is 26.3 Å². The van der Waals surface area contributed by atoms with Crippen molar-refractivity contribution in [3.05, 3.63) is 42.0 Å². The fourth-order valence-electron chi connectivity index (χ4n) is 2.53. The molecule has 0 saturated heterocycles. The third-order valence-corrected chi connectivity index (χ3v) is 4.02. The number of carbonyl (C=O) groups is 1. The number of hydrogen-bond donors (Lipinski definition) is 1. The number of hydrogen-bond acceptors (Lipinski definition) is 3. The summed E-state index contributed by atoms with van der Waals surface area (Å²) in [6.07, 6.45) is 0. The van der Waals surface area contributed by atoms with Crippen molar-refractivity contribution in [2.75, 3.05) is 14.2 Å².